The molecule has 0 radical (unpaired) electrons. The molecule has 0 spiro atoms. The number of ketones is 1. The lowest BCUT2D eigenvalue weighted by Crippen LogP contribution is -2.71. The number of alkyl halides is 13. The second kappa shape index (κ2) is 6.68. The number of hydrogen-bond donors (Lipinski definition) is 0. The van der Waals surface area contributed by atoms with Gasteiger partial charge < -0.3 is 0 Å². The Bertz CT molecular complexity index is 557. The molecule has 27 heavy (non-hydrogen) atoms. The maximum Gasteiger partial charge on any atom is 0.460 e. The van der Waals surface area contributed by atoms with Gasteiger partial charge in [0.25, 0.3) is 0 Å². The van der Waals surface area contributed by atoms with E-state index in [1.165, 1.54) is 0 Å². The van der Waals surface area contributed by atoms with Crippen LogP contribution in [0.5, 0.6) is 0 Å². The normalized spacial score (nSPS) is 19.3. The van der Waals surface area contributed by atoms with Crippen LogP contribution in [-0.2, 0) is 4.79 Å². The zero-order valence-electron chi connectivity index (χ0n) is 12.9. The van der Waals surface area contributed by atoms with E-state index in [1.54, 1.807) is 0 Å². The van der Waals surface area contributed by atoms with Crippen molar-refractivity contribution < 1.29 is 61.9 Å². The Morgan fingerprint density at radius 1 is 0.556 bits per heavy atom. The van der Waals surface area contributed by atoms with E-state index in [4.69, 9.17) is 0 Å². The highest BCUT2D eigenvalue weighted by atomic mass is 19.4. The van der Waals surface area contributed by atoms with E-state index in [9.17, 15) is 61.9 Å². The molecule has 160 valence electrons. The van der Waals surface area contributed by atoms with Crippen LogP contribution >= 0.6 is 0 Å². The van der Waals surface area contributed by atoms with Gasteiger partial charge in [0.05, 0.1) is 0 Å². The molecule has 0 amide bonds. The van der Waals surface area contributed by atoms with Gasteiger partial charge in [0.1, 0.15) is 0 Å². The molecular formula is C13H11F13O. The third-order valence-corrected chi connectivity index (χ3v) is 4.22. The zero-order valence-corrected chi connectivity index (χ0v) is 12.9. The SMILES string of the molecule is O=C(C1CCCCC1)C(F)(F)C(F)(F)C(F)(F)C(F)(F)C(F)(F)C(F)(F)F. The number of carbonyl (C=O) groups excluding carboxylic acids is 1. The van der Waals surface area contributed by atoms with Crippen LogP contribution in [0.4, 0.5) is 57.1 Å². The van der Waals surface area contributed by atoms with Crippen LogP contribution in [0.3, 0.4) is 0 Å². The van der Waals surface area contributed by atoms with Gasteiger partial charge in [0, 0.05) is 5.92 Å². The van der Waals surface area contributed by atoms with E-state index in [0.717, 1.165) is 0 Å². The van der Waals surface area contributed by atoms with E-state index >= 15 is 0 Å². The van der Waals surface area contributed by atoms with Crippen LogP contribution in [0.15, 0.2) is 0 Å². The lowest BCUT2D eigenvalue weighted by molar-refractivity contribution is -0.436. The van der Waals surface area contributed by atoms with Gasteiger partial charge in [0.2, 0.25) is 5.78 Å². The van der Waals surface area contributed by atoms with Crippen molar-refractivity contribution in [1.29, 1.82) is 0 Å². The minimum atomic E-state index is -7.97. The average molecular weight is 430 g/mol. The highest BCUT2D eigenvalue weighted by molar-refractivity contribution is 5.89. The quantitative estimate of drug-likeness (QED) is 0.482. The van der Waals surface area contributed by atoms with Crippen LogP contribution in [0.1, 0.15) is 32.1 Å². The fraction of sp³-hybridized carbons (Fsp3) is 0.923. The van der Waals surface area contributed by atoms with Gasteiger partial charge in [-0.2, -0.15) is 57.1 Å². The van der Waals surface area contributed by atoms with E-state index in [2.05, 4.69) is 0 Å². The molecule has 0 atom stereocenters. The summed E-state index contributed by atoms with van der Waals surface area (Å²) in [5.74, 6) is -42.7. The molecule has 0 unspecified atom stereocenters. The molecule has 14 heteroatoms. The van der Waals surface area contributed by atoms with Gasteiger partial charge in [-0.05, 0) is 12.8 Å². The topological polar surface area (TPSA) is 17.1 Å². The summed E-state index contributed by atoms with van der Waals surface area (Å²) in [6.07, 6.45) is -7.97. The summed E-state index contributed by atoms with van der Waals surface area (Å²) < 4.78 is 168. The van der Waals surface area contributed by atoms with E-state index < -0.39 is 60.3 Å². The van der Waals surface area contributed by atoms with Crippen LogP contribution in [0, 0.1) is 5.92 Å². The molecule has 1 nitrogen and oxygen atoms in total. The number of carbonyl (C=O) groups is 1. The number of Topliss-reactive ketones (excluding diaryl/α,β-unsaturated/α-hetero) is 1. The molecule has 0 aromatic heterocycles. The summed E-state index contributed by atoms with van der Waals surface area (Å²) in [6, 6.07) is 0. The molecule has 0 aromatic rings. The lowest BCUT2D eigenvalue weighted by atomic mass is 9.81. The van der Waals surface area contributed by atoms with Gasteiger partial charge in [-0.3, -0.25) is 4.79 Å². The first-order chi connectivity index (χ1) is 11.8. The minimum Gasteiger partial charge on any atom is -0.292 e. The van der Waals surface area contributed by atoms with Crippen LogP contribution < -0.4 is 0 Å². The predicted octanol–water partition coefficient (Wildman–Crippen LogP) is 5.87. The Kier molecular flexibility index (Phi) is 5.88. The fourth-order valence-corrected chi connectivity index (χ4v) is 2.55. The molecule has 0 heterocycles. The Hall–Kier alpha value is -1.24. The molecule has 0 bridgehead atoms. The number of rotatable bonds is 6. The van der Waals surface area contributed by atoms with Crippen molar-refractivity contribution >= 4 is 5.78 Å². The number of hydrogen-bond acceptors (Lipinski definition) is 1. The summed E-state index contributed by atoms with van der Waals surface area (Å²) in [6.45, 7) is 0. The van der Waals surface area contributed by atoms with E-state index in [0.29, 0.717) is 6.42 Å². The number of halogens is 13. The summed E-state index contributed by atoms with van der Waals surface area (Å²) in [4.78, 5) is 11.5. The zero-order chi connectivity index (χ0) is 21.7. The predicted molar refractivity (Wildman–Crippen MR) is 62.4 cm³/mol. The fourth-order valence-electron chi connectivity index (χ4n) is 2.55. The second-order valence-electron chi connectivity index (χ2n) is 6.07. The van der Waals surface area contributed by atoms with Gasteiger partial charge in [-0.15, -0.1) is 0 Å². The molecule has 1 aliphatic rings. The smallest absolute Gasteiger partial charge is 0.292 e. The Morgan fingerprint density at radius 2 is 0.926 bits per heavy atom. The Morgan fingerprint density at radius 3 is 1.30 bits per heavy atom. The highest BCUT2D eigenvalue weighted by Crippen LogP contribution is 2.60. The first kappa shape index (κ1) is 23.8. The van der Waals surface area contributed by atoms with E-state index in [1.807, 2.05) is 0 Å². The summed E-state index contributed by atoms with van der Waals surface area (Å²) >= 11 is 0. The van der Waals surface area contributed by atoms with Gasteiger partial charge in [-0.1, -0.05) is 19.3 Å². The molecule has 1 aliphatic carbocycles. The first-order valence-electron chi connectivity index (χ1n) is 7.27. The van der Waals surface area contributed by atoms with Crippen molar-refractivity contribution in [3.63, 3.8) is 0 Å². The Labute approximate surface area is 142 Å². The molecule has 1 fully saturated rings. The Balaban J connectivity index is 3.38. The molecule has 0 aliphatic heterocycles. The molecule has 0 saturated heterocycles. The highest BCUT2D eigenvalue weighted by Gasteiger charge is 2.91. The van der Waals surface area contributed by atoms with Crippen molar-refractivity contribution in [3.05, 3.63) is 0 Å². The minimum absolute atomic E-state index is 0.0384. The standard InChI is InChI=1S/C13H11F13O/c14-8(15,7(27)6-4-2-1-3-5-6)9(16,17)10(18,19)11(20,21)12(22,23)13(24,25)26/h6H,1-5H2. The van der Waals surface area contributed by atoms with Crippen molar-refractivity contribution in [2.75, 3.05) is 0 Å². The van der Waals surface area contributed by atoms with Gasteiger partial charge in [-0.25, -0.2) is 0 Å². The largest absolute Gasteiger partial charge is 0.460 e. The third kappa shape index (κ3) is 3.36. The molecule has 0 aromatic carbocycles. The van der Waals surface area contributed by atoms with Crippen molar-refractivity contribution in [3.8, 4) is 0 Å². The summed E-state index contributed by atoms with van der Waals surface area (Å²) in [5, 5.41) is 0. The molecule has 1 rings (SSSR count). The molecular weight excluding hydrogens is 419 g/mol. The average Bonchev–Trinajstić information content (AvgIpc) is 2.53. The van der Waals surface area contributed by atoms with Crippen molar-refractivity contribution in [2.24, 2.45) is 5.92 Å². The monoisotopic (exact) mass is 430 g/mol. The van der Waals surface area contributed by atoms with Crippen molar-refractivity contribution in [1.82, 2.24) is 0 Å². The maximum atomic E-state index is 13.7. The first-order valence-corrected chi connectivity index (χ1v) is 7.27. The molecule has 1 saturated carbocycles. The van der Waals surface area contributed by atoms with Gasteiger partial charge in [0.15, 0.2) is 0 Å². The van der Waals surface area contributed by atoms with Crippen LogP contribution in [0.25, 0.3) is 0 Å². The van der Waals surface area contributed by atoms with Crippen LogP contribution in [-0.4, -0.2) is 41.6 Å². The van der Waals surface area contributed by atoms with Gasteiger partial charge >= 0.3 is 35.8 Å². The second-order valence-corrected chi connectivity index (χ2v) is 6.07. The molecule has 0 N–H and O–H groups in total. The van der Waals surface area contributed by atoms with Crippen molar-refractivity contribution in [2.45, 2.75) is 67.9 Å². The summed E-state index contributed by atoms with van der Waals surface area (Å²) in [5.41, 5.74) is 0. The third-order valence-electron chi connectivity index (χ3n) is 4.22. The van der Waals surface area contributed by atoms with E-state index in [-0.39, 0.29) is 12.8 Å². The lowest BCUT2D eigenvalue weighted by Gasteiger charge is -2.40. The maximum absolute atomic E-state index is 13.7. The van der Waals surface area contributed by atoms with Crippen LogP contribution in [0.2, 0.25) is 0 Å². The summed E-state index contributed by atoms with van der Waals surface area (Å²) in [7, 11) is 0.